The minimum Gasteiger partial charge on any atom is -0.386 e. The predicted octanol–water partition coefficient (Wildman–Crippen LogP) is 3.21. The molecule has 0 saturated carbocycles. The number of halogens is 2. The van der Waals surface area contributed by atoms with Crippen LogP contribution in [0.3, 0.4) is 0 Å². The van der Waals surface area contributed by atoms with Gasteiger partial charge in [0.05, 0.1) is 12.1 Å². The summed E-state index contributed by atoms with van der Waals surface area (Å²) in [4.78, 5) is 0. The Labute approximate surface area is 110 Å². The van der Waals surface area contributed by atoms with Gasteiger partial charge in [0.1, 0.15) is 5.82 Å². The van der Waals surface area contributed by atoms with Crippen molar-refractivity contribution in [3.05, 3.63) is 70.5 Å². The Morgan fingerprint density at radius 2 is 1.78 bits per heavy atom. The molecule has 2 rings (SSSR count). The minimum absolute atomic E-state index is 0.175. The number of aliphatic hydroxyl groups is 1. The number of nitrogens with two attached hydrogens (primary N) is 1. The zero-order valence-corrected chi connectivity index (χ0v) is 10.3. The Hall–Kier alpha value is -1.42. The van der Waals surface area contributed by atoms with Crippen molar-refractivity contribution in [1.29, 1.82) is 0 Å². The van der Waals surface area contributed by atoms with Crippen LogP contribution in [-0.2, 0) is 0 Å². The third-order valence-electron chi connectivity index (χ3n) is 2.81. The quantitative estimate of drug-likeness (QED) is 0.895. The van der Waals surface area contributed by atoms with E-state index < -0.39 is 18.0 Å². The Kier molecular flexibility index (Phi) is 3.97. The first-order valence-corrected chi connectivity index (χ1v) is 5.91. The molecule has 18 heavy (non-hydrogen) atoms. The summed E-state index contributed by atoms with van der Waals surface area (Å²) >= 11 is 5.90. The lowest BCUT2D eigenvalue weighted by Crippen LogP contribution is -2.19. The fourth-order valence-corrected chi connectivity index (χ4v) is 2.07. The van der Waals surface area contributed by atoms with E-state index in [0.717, 1.165) is 11.6 Å². The molecule has 0 aliphatic rings. The predicted molar refractivity (Wildman–Crippen MR) is 69.7 cm³/mol. The molecule has 0 bridgehead atoms. The highest BCUT2D eigenvalue weighted by Gasteiger charge is 2.21. The van der Waals surface area contributed by atoms with Crippen molar-refractivity contribution in [3.63, 3.8) is 0 Å². The second-order valence-corrected chi connectivity index (χ2v) is 4.45. The second-order valence-electron chi connectivity index (χ2n) is 4.05. The van der Waals surface area contributed by atoms with E-state index >= 15 is 0 Å². The van der Waals surface area contributed by atoms with Gasteiger partial charge in [0.15, 0.2) is 0 Å². The van der Waals surface area contributed by atoms with Crippen LogP contribution in [0.15, 0.2) is 48.5 Å². The summed E-state index contributed by atoms with van der Waals surface area (Å²) in [6.45, 7) is 0. The van der Waals surface area contributed by atoms with Gasteiger partial charge >= 0.3 is 0 Å². The maximum Gasteiger partial charge on any atom is 0.124 e. The Morgan fingerprint density at radius 1 is 1.11 bits per heavy atom. The van der Waals surface area contributed by atoms with Gasteiger partial charge in [-0.1, -0.05) is 48.0 Å². The van der Waals surface area contributed by atoms with E-state index in [9.17, 15) is 9.50 Å². The molecule has 0 saturated heterocycles. The van der Waals surface area contributed by atoms with Crippen molar-refractivity contribution in [2.75, 3.05) is 0 Å². The van der Waals surface area contributed by atoms with Crippen LogP contribution in [0.1, 0.15) is 23.3 Å². The van der Waals surface area contributed by atoms with Crippen LogP contribution >= 0.6 is 11.6 Å². The van der Waals surface area contributed by atoms with Crippen molar-refractivity contribution in [3.8, 4) is 0 Å². The molecule has 2 aromatic carbocycles. The van der Waals surface area contributed by atoms with E-state index in [-0.39, 0.29) is 5.02 Å². The van der Waals surface area contributed by atoms with Gasteiger partial charge in [-0.3, -0.25) is 0 Å². The average molecular weight is 266 g/mol. The monoisotopic (exact) mass is 265 g/mol. The Balaban J connectivity index is 2.28. The van der Waals surface area contributed by atoms with Crippen LogP contribution in [0.5, 0.6) is 0 Å². The molecule has 0 aliphatic heterocycles. The van der Waals surface area contributed by atoms with E-state index in [1.807, 2.05) is 30.3 Å². The summed E-state index contributed by atoms with van der Waals surface area (Å²) < 4.78 is 12.9. The summed E-state index contributed by atoms with van der Waals surface area (Å²) in [7, 11) is 0. The summed E-state index contributed by atoms with van der Waals surface area (Å²) in [5, 5.41) is 10.4. The standard InChI is InChI=1S/C14H13ClFNO/c15-12-8-10(16)6-7-11(12)14(18)13(17)9-4-2-1-3-5-9/h1-8,13-14,18H,17H2. The van der Waals surface area contributed by atoms with Gasteiger partial charge < -0.3 is 10.8 Å². The van der Waals surface area contributed by atoms with Gasteiger partial charge in [-0.25, -0.2) is 4.39 Å². The van der Waals surface area contributed by atoms with Gasteiger partial charge in [-0.2, -0.15) is 0 Å². The molecule has 0 heterocycles. The lowest BCUT2D eigenvalue weighted by atomic mass is 9.96. The summed E-state index contributed by atoms with van der Waals surface area (Å²) in [6.07, 6.45) is -0.972. The van der Waals surface area contributed by atoms with Gasteiger partial charge in [0, 0.05) is 10.6 Å². The zero-order chi connectivity index (χ0) is 13.1. The maximum atomic E-state index is 12.9. The Bertz CT molecular complexity index is 533. The van der Waals surface area contributed by atoms with Crippen LogP contribution in [0.2, 0.25) is 5.02 Å². The molecule has 2 nitrogen and oxygen atoms in total. The molecule has 0 aromatic heterocycles. The molecule has 2 aromatic rings. The number of hydrogen-bond acceptors (Lipinski definition) is 2. The lowest BCUT2D eigenvalue weighted by Gasteiger charge is -2.20. The fourth-order valence-electron chi connectivity index (χ4n) is 1.79. The third-order valence-corrected chi connectivity index (χ3v) is 3.13. The van der Waals surface area contributed by atoms with E-state index in [2.05, 4.69) is 0 Å². The summed E-state index contributed by atoms with van der Waals surface area (Å²) in [5.41, 5.74) is 7.20. The number of hydrogen-bond donors (Lipinski definition) is 2. The molecule has 0 amide bonds. The first kappa shape index (κ1) is 13.0. The molecule has 3 N–H and O–H groups in total. The van der Waals surface area contributed by atoms with Gasteiger partial charge in [-0.05, 0) is 17.7 Å². The topological polar surface area (TPSA) is 46.2 Å². The number of benzene rings is 2. The van der Waals surface area contributed by atoms with Crippen LogP contribution in [0, 0.1) is 5.82 Å². The van der Waals surface area contributed by atoms with Crippen LogP contribution in [0.25, 0.3) is 0 Å². The zero-order valence-electron chi connectivity index (χ0n) is 9.55. The molecule has 0 fully saturated rings. The van der Waals surface area contributed by atoms with Gasteiger partial charge in [0.2, 0.25) is 0 Å². The van der Waals surface area contributed by atoms with E-state index in [0.29, 0.717) is 5.56 Å². The molecule has 94 valence electrons. The molecular weight excluding hydrogens is 253 g/mol. The Morgan fingerprint density at radius 3 is 2.39 bits per heavy atom. The van der Waals surface area contributed by atoms with Crippen LogP contribution in [0.4, 0.5) is 4.39 Å². The van der Waals surface area contributed by atoms with Crippen LogP contribution in [-0.4, -0.2) is 5.11 Å². The van der Waals surface area contributed by atoms with E-state index in [1.165, 1.54) is 12.1 Å². The molecule has 0 radical (unpaired) electrons. The molecule has 0 spiro atoms. The largest absolute Gasteiger partial charge is 0.386 e. The fraction of sp³-hybridized carbons (Fsp3) is 0.143. The van der Waals surface area contributed by atoms with Crippen molar-refractivity contribution in [2.45, 2.75) is 12.1 Å². The summed E-state index contributed by atoms with van der Waals surface area (Å²) in [5.74, 6) is -0.441. The molecule has 4 heteroatoms. The first-order chi connectivity index (χ1) is 8.59. The van der Waals surface area contributed by atoms with E-state index in [4.69, 9.17) is 17.3 Å². The first-order valence-electron chi connectivity index (χ1n) is 5.53. The van der Waals surface area contributed by atoms with E-state index in [1.54, 1.807) is 0 Å². The molecular formula is C14H13ClFNO. The van der Waals surface area contributed by atoms with Crippen molar-refractivity contribution < 1.29 is 9.50 Å². The third kappa shape index (κ3) is 2.70. The van der Waals surface area contributed by atoms with Crippen molar-refractivity contribution in [1.82, 2.24) is 0 Å². The normalized spacial score (nSPS) is 14.2. The SMILES string of the molecule is NC(c1ccccc1)C(O)c1ccc(F)cc1Cl. The number of rotatable bonds is 3. The highest BCUT2D eigenvalue weighted by molar-refractivity contribution is 6.31. The summed E-state index contributed by atoms with van der Waals surface area (Å²) in [6, 6.07) is 12.5. The molecule has 2 unspecified atom stereocenters. The second kappa shape index (κ2) is 5.48. The smallest absolute Gasteiger partial charge is 0.124 e. The minimum atomic E-state index is -0.972. The highest BCUT2D eigenvalue weighted by atomic mass is 35.5. The lowest BCUT2D eigenvalue weighted by molar-refractivity contribution is 0.147. The van der Waals surface area contributed by atoms with Gasteiger partial charge in [0.25, 0.3) is 0 Å². The average Bonchev–Trinajstić information content (AvgIpc) is 2.38. The van der Waals surface area contributed by atoms with Crippen LogP contribution < -0.4 is 5.73 Å². The number of aliphatic hydroxyl groups excluding tert-OH is 1. The highest BCUT2D eigenvalue weighted by Crippen LogP contribution is 2.31. The molecule has 2 atom stereocenters. The van der Waals surface area contributed by atoms with Crippen molar-refractivity contribution in [2.24, 2.45) is 5.73 Å². The maximum absolute atomic E-state index is 12.9. The molecule has 0 aliphatic carbocycles. The van der Waals surface area contributed by atoms with Gasteiger partial charge in [-0.15, -0.1) is 0 Å². The van der Waals surface area contributed by atoms with Crippen molar-refractivity contribution >= 4 is 11.6 Å².